The number of nitrogens with one attached hydrogen (secondary N) is 1. The normalized spacial score (nSPS) is 12.6. The third-order valence-corrected chi connectivity index (χ3v) is 8.00. The molecule has 0 unspecified atom stereocenters. The van der Waals surface area contributed by atoms with Gasteiger partial charge in [0.25, 0.3) is 0 Å². The minimum Gasteiger partial charge on any atom is -0.494 e. The molecular weight excluding hydrogens is 554 g/mol. The molecule has 3 aromatic carbocycles. The molecule has 0 aliphatic heterocycles. The van der Waals surface area contributed by atoms with Gasteiger partial charge in [0.05, 0.1) is 39.9 Å². The fourth-order valence-electron chi connectivity index (χ4n) is 4.54. The second kappa shape index (κ2) is 10.5. The molecule has 0 amide bonds. The second-order valence-corrected chi connectivity index (χ2v) is 12.1. The van der Waals surface area contributed by atoms with Crippen LogP contribution >= 0.6 is 11.6 Å². The highest BCUT2D eigenvalue weighted by Crippen LogP contribution is 2.34. The van der Waals surface area contributed by atoms with E-state index in [-0.39, 0.29) is 5.88 Å². The first-order valence-corrected chi connectivity index (χ1v) is 14.6. The number of aromatic amines is 1. The van der Waals surface area contributed by atoms with Crippen LogP contribution in [0.15, 0.2) is 74.9 Å². The Kier molecular flexibility index (Phi) is 7.21. The number of halogens is 1. The number of H-pyrrole nitrogens is 1. The molecule has 0 atom stereocenters. The maximum Gasteiger partial charge on any atom is 0.419 e. The number of hydrogen-bond acceptors (Lipinski definition) is 7. The SMILES string of the molecule is CN(C)CCN(c1ccc(N=C(c2ccc3c(c2)oc(=O)n3C)c2c(O)[nH]c3cc(Cl)ccc23)cc1)S(C)(=O)=O. The number of fused-ring (bicyclic) bond motifs is 2. The Morgan fingerprint density at radius 3 is 2.48 bits per heavy atom. The van der Waals surface area contributed by atoms with Crippen LogP contribution in [0.5, 0.6) is 5.88 Å². The fourth-order valence-corrected chi connectivity index (χ4v) is 5.63. The molecule has 5 rings (SSSR count). The van der Waals surface area contributed by atoms with Crippen molar-refractivity contribution in [2.45, 2.75) is 0 Å². The molecule has 0 bridgehead atoms. The zero-order chi connectivity index (χ0) is 28.8. The molecule has 0 spiro atoms. The van der Waals surface area contributed by atoms with Crippen LogP contribution in [-0.4, -0.2) is 67.1 Å². The van der Waals surface area contributed by atoms with Crippen molar-refractivity contribution in [3.05, 3.63) is 87.4 Å². The number of nitrogens with zero attached hydrogens (tertiary/aromatic N) is 4. The Bertz CT molecular complexity index is 1920. The molecule has 0 aliphatic rings. The predicted molar refractivity (Wildman–Crippen MR) is 159 cm³/mol. The van der Waals surface area contributed by atoms with Crippen LogP contribution in [0.1, 0.15) is 11.1 Å². The third kappa shape index (κ3) is 5.35. The summed E-state index contributed by atoms with van der Waals surface area (Å²) in [5.74, 6) is -0.593. The summed E-state index contributed by atoms with van der Waals surface area (Å²) in [7, 11) is 1.89. The molecule has 40 heavy (non-hydrogen) atoms. The average Bonchev–Trinajstić information content (AvgIpc) is 3.36. The van der Waals surface area contributed by atoms with Gasteiger partial charge < -0.3 is 19.4 Å². The summed E-state index contributed by atoms with van der Waals surface area (Å²) in [4.78, 5) is 21.8. The summed E-state index contributed by atoms with van der Waals surface area (Å²) in [5.41, 5.74) is 4.11. The number of aromatic nitrogens is 2. The monoisotopic (exact) mass is 581 g/mol. The lowest BCUT2D eigenvalue weighted by molar-refractivity contribution is 0.419. The average molecular weight is 582 g/mol. The maximum atomic E-state index is 12.5. The first-order valence-electron chi connectivity index (χ1n) is 12.3. The van der Waals surface area contributed by atoms with Crippen molar-refractivity contribution in [1.82, 2.24) is 14.5 Å². The van der Waals surface area contributed by atoms with E-state index < -0.39 is 15.8 Å². The Labute approximate surface area is 235 Å². The maximum absolute atomic E-state index is 12.5. The molecule has 2 aromatic heterocycles. The van der Waals surface area contributed by atoms with Gasteiger partial charge in [-0.05, 0) is 62.6 Å². The Morgan fingerprint density at radius 2 is 1.80 bits per heavy atom. The van der Waals surface area contributed by atoms with Crippen molar-refractivity contribution in [3.63, 3.8) is 0 Å². The minimum atomic E-state index is -3.50. The molecule has 0 saturated carbocycles. The summed E-state index contributed by atoms with van der Waals surface area (Å²) < 4.78 is 33.1. The Balaban J connectivity index is 1.65. The molecule has 2 N–H and O–H groups in total. The van der Waals surface area contributed by atoms with Crippen LogP contribution in [0.2, 0.25) is 5.02 Å². The van der Waals surface area contributed by atoms with E-state index in [0.717, 1.165) is 0 Å². The third-order valence-electron chi connectivity index (χ3n) is 6.57. The molecule has 2 heterocycles. The zero-order valence-corrected chi connectivity index (χ0v) is 23.9. The van der Waals surface area contributed by atoms with Crippen molar-refractivity contribution >= 4 is 60.7 Å². The molecular formula is C28H28ClN5O5S. The van der Waals surface area contributed by atoms with Gasteiger partial charge in [-0.25, -0.2) is 18.2 Å². The lowest BCUT2D eigenvalue weighted by Gasteiger charge is -2.24. The number of rotatable bonds is 8. The van der Waals surface area contributed by atoms with Crippen LogP contribution in [0.25, 0.3) is 22.0 Å². The smallest absolute Gasteiger partial charge is 0.419 e. The van der Waals surface area contributed by atoms with Gasteiger partial charge in [-0.15, -0.1) is 0 Å². The van der Waals surface area contributed by atoms with Crippen molar-refractivity contribution in [2.24, 2.45) is 12.0 Å². The molecule has 12 heteroatoms. The predicted octanol–water partition coefficient (Wildman–Crippen LogP) is 4.47. The van der Waals surface area contributed by atoms with Crippen LogP contribution < -0.4 is 10.1 Å². The largest absolute Gasteiger partial charge is 0.494 e. The van der Waals surface area contributed by atoms with E-state index in [9.17, 15) is 18.3 Å². The number of likely N-dealkylation sites (N-methyl/N-ethyl adjacent to an activating group) is 1. The summed E-state index contributed by atoms with van der Waals surface area (Å²) >= 11 is 6.18. The first kappa shape index (κ1) is 27.5. The van der Waals surface area contributed by atoms with Crippen LogP contribution in [0.3, 0.4) is 0 Å². The van der Waals surface area contributed by atoms with Gasteiger partial charge in [0.1, 0.15) is 0 Å². The highest BCUT2D eigenvalue weighted by Gasteiger charge is 2.21. The first-order chi connectivity index (χ1) is 18.9. The molecule has 0 fully saturated rings. The van der Waals surface area contributed by atoms with Gasteiger partial charge in [0.15, 0.2) is 11.5 Å². The van der Waals surface area contributed by atoms with E-state index in [0.29, 0.717) is 68.3 Å². The highest BCUT2D eigenvalue weighted by molar-refractivity contribution is 7.92. The van der Waals surface area contributed by atoms with E-state index in [1.54, 1.807) is 67.7 Å². The van der Waals surface area contributed by atoms with Crippen LogP contribution in [0, 0.1) is 0 Å². The number of oxazole rings is 1. The number of hydrogen-bond donors (Lipinski definition) is 2. The van der Waals surface area contributed by atoms with Crippen molar-refractivity contribution in [2.75, 3.05) is 37.7 Å². The van der Waals surface area contributed by atoms with Crippen LogP contribution in [-0.2, 0) is 17.1 Å². The fraction of sp³-hybridized carbons (Fsp3) is 0.214. The van der Waals surface area contributed by atoms with Crippen molar-refractivity contribution in [1.29, 1.82) is 0 Å². The van der Waals surface area contributed by atoms with E-state index in [1.807, 2.05) is 19.0 Å². The van der Waals surface area contributed by atoms with E-state index in [2.05, 4.69) is 4.98 Å². The molecule has 10 nitrogen and oxygen atoms in total. The summed E-state index contributed by atoms with van der Waals surface area (Å²) in [6, 6.07) is 17.3. The highest BCUT2D eigenvalue weighted by atomic mass is 35.5. The van der Waals surface area contributed by atoms with Gasteiger partial charge >= 0.3 is 5.76 Å². The number of aliphatic imine (C=N–C) groups is 1. The summed E-state index contributed by atoms with van der Waals surface area (Å²) in [6.07, 6.45) is 1.18. The lowest BCUT2D eigenvalue weighted by atomic mass is 10.0. The number of aryl methyl sites for hydroxylation is 1. The molecule has 0 aliphatic carbocycles. The van der Waals surface area contributed by atoms with Gasteiger partial charge in [-0.3, -0.25) is 8.87 Å². The number of aromatic hydroxyl groups is 1. The minimum absolute atomic E-state index is 0.103. The summed E-state index contributed by atoms with van der Waals surface area (Å²) in [6.45, 7) is 0.854. The lowest BCUT2D eigenvalue weighted by Crippen LogP contribution is -2.35. The quantitative estimate of drug-likeness (QED) is 0.261. The van der Waals surface area contributed by atoms with Gasteiger partial charge in [-0.2, -0.15) is 0 Å². The standard InChI is InChI=1S/C28H28ClN5O5S/c1-32(2)13-14-34(40(4,37)38)20-9-7-19(8-10-20)30-26(17-5-12-23-24(15-17)39-28(36)33(23)3)25-21-11-6-18(29)16-22(21)31-27(25)35/h5-12,15-16,31,35H,13-14H2,1-4H3. The van der Waals surface area contributed by atoms with Crippen molar-refractivity contribution in [3.8, 4) is 5.88 Å². The van der Waals surface area contributed by atoms with Crippen molar-refractivity contribution < 1.29 is 17.9 Å². The van der Waals surface area contributed by atoms with E-state index in [1.165, 1.54) is 15.1 Å². The van der Waals surface area contributed by atoms with E-state index >= 15 is 0 Å². The molecule has 208 valence electrons. The Hall–Kier alpha value is -4.06. The second-order valence-electron chi connectivity index (χ2n) is 9.76. The molecule has 5 aromatic rings. The van der Waals surface area contributed by atoms with Gasteiger partial charge in [0.2, 0.25) is 10.0 Å². The number of anilines is 1. The van der Waals surface area contributed by atoms with Crippen LogP contribution in [0.4, 0.5) is 11.4 Å². The number of sulfonamides is 1. The van der Waals surface area contributed by atoms with Gasteiger partial charge in [0, 0.05) is 36.1 Å². The van der Waals surface area contributed by atoms with Gasteiger partial charge in [-0.1, -0.05) is 23.7 Å². The molecule has 0 radical (unpaired) electrons. The van der Waals surface area contributed by atoms with E-state index in [4.69, 9.17) is 21.0 Å². The summed E-state index contributed by atoms with van der Waals surface area (Å²) in [5, 5.41) is 12.2. The zero-order valence-electron chi connectivity index (χ0n) is 22.3. The Morgan fingerprint density at radius 1 is 1.07 bits per heavy atom. The molecule has 0 saturated heterocycles. The number of benzene rings is 3. The topological polar surface area (TPSA) is 124 Å².